The van der Waals surface area contributed by atoms with Crippen LogP contribution in [0.15, 0.2) is 28.8 Å². The first-order chi connectivity index (χ1) is 3.91. The molecule has 0 amide bonds. The number of allylic oxidation sites excluding steroid dienone is 1. The monoisotopic (exact) mass is 108 g/mol. The van der Waals surface area contributed by atoms with Gasteiger partial charge in [0, 0.05) is 6.20 Å². The first-order valence-electron chi connectivity index (χ1n) is 2.27. The lowest BCUT2D eigenvalue weighted by atomic mass is 10.7. The Balaban J connectivity index is 3.58. The first kappa shape index (κ1) is 6.86. The SMILES string of the molecule is C=CN=CN=C=CC. The Bertz CT molecular complexity index is 139. The van der Waals surface area contributed by atoms with Crippen LogP contribution in [0.2, 0.25) is 0 Å². The Morgan fingerprint density at radius 2 is 2.38 bits per heavy atom. The predicted octanol–water partition coefficient (Wildman–Crippen LogP) is 1.40. The van der Waals surface area contributed by atoms with E-state index in [0.717, 1.165) is 0 Å². The molecule has 0 aliphatic heterocycles. The van der Waals surface area contributed by atoms with Gasteiger partial charge in [-0.1, -0.05) is 6.58 Å². The number of rotatable bonds is 2. The summed E-state index contributed by atoms with van der Waals surface area (Å²) in [4.78, 5) is 7.21. The van der Waals surface area contributed by atoms with Crippen LogP contribution in [0.25, 0.3) is 0 Å². The summed E-state index contributed by atoms with van der Waals surface area (Å²) in [7, 11) is 0. The number of hydrogen-bond donors (Lipinski definition) is 0. The molecule has 42 valence electrons. The van der Waals surface area contributed by atoms with E-state index < -0.39 is 0 Å². The van der Waals surface area contributed by atoms with Gasteiger partial charge in [-0.3, -0.25) is 0 Å². The van der Waals surface area contributed by atoms with E-state index in [1.807, 2.05) is 6.92 Å². The zero-order chi connectivity index (χ0) is 6.24. The van der Waals surface area contributed by atoms with E-state index in [9.17, 15) is 0 Å². The lowest BCUT2D eigenvalue weighted by Crippen LogP contribution is -1.58. The van der Waals surface area contributed by atoms with Crippen molar-refractivity contribution in [3.8, 4) is 0 Å². The molecule has 0 saturated heterocycles. The van der Waals surface area contributed by atoms with Crippen molar-refractivity contribution in [2.75, 3.05) is 0 Å². The molecule has 0 heterocycles. The summed E-state index contributed by atoms with van der Waals surface area (Å²) in [6.07, 6.45) is 4.50. The van der Waals surface area contributed by atoms with E-state index in [-0.39, 0.29) is 0 Å². The number of hydrogen-bond acceptors (Lipinski definition) is 1. The van der Waals surface area contributed by atoms with Crippen LogP contribution in [0, 0.1) is 0 Å². The Kier molecular flexibility index (Phi) is 5.02. The third kappa shape index (κ3) is 4.86. The minimum atomic E-state index is 1.38. The highest BCUT2D eigenvalue weighted by molar-refractivity contribution is 5.69. The van der Waals surface area contributed by atoms with Crippen LogP contribution in [0.1, 0.15) is 6.92 Å². The topological polar surface area (TPSA) is 24.7 Å². The molecule has 0 aliphatic carbocycles. The van der Waals surface area contributed by atoms with E-state index in [1.165, 1.54) is 12.5 Å². The summed E-state index contributed by atoms with van der Waals surface area (Å²) >= 11 is 0. The van der Waals surface area contributed by atoms with Gasteiger partial charge in [-0.05, 0) is 18.9 Å². The van der Waals surface area contributed by atoms with E-state index in [2.05, 4.69) is 22.4 Å². The van der Waals surface area contributed by atoms with Crippen LogP contribution in [-0.2, 0) is 0 Å². The molecule has 0 N–H and O–H groups in total. The number of aliphatic imine (C=N–C) groups is 2. The fourth-order valence-corrected chi connectivity index (χ4v) is 0.188. The van der Waals surface area contributed by atoms with Crippen molar-refractivity contribution in [3.05, 3.63) is 18.9 Å². The van der Waals surface area contributed by atoms with Gasteiger partial charge < -0.3 is 0 Å². The van der Waals surface area contributed by atoms with Gasteiger partial charge in [-0.15, -0.1) is 0 Å². The van der Waals surface area contributed by atoms with E-state index in [1.54, 1.807) is 6.08 Å². The smallest absolute Gasteiger partial charge is 0.125 e. The molecule has 0 spiro atoms. The van der Waals surface area contributed by atoms with Crippen LogP contribution in [0.3, 0.4) is 0 Å². The van der Waals surface area contributed by atoms with Crippen LogP contribution >= 0.6 is 0 Å². The molecule has 0 rings (SSSR count). The van der Waals surface area contributed by atoms with Gasteiger partial charge >= 0.3 is 0 Å². The molecular formula is C6H8N2. The molecule has 0 saturated carbocycles. The second-order valence-corrected chi connectivity index (χ2v) is 0.994. The quantitative estimate of drug-likeness (QED) is 0.377. The Labute approximate surface area is 49.0 Å². The van der Waals surface area contributed by atoms with Gasteiger partial charge in [-0.25, -0.2) is 4.99 Å². The van der Waals surface area contributed by atoms with Gasteiger partial charge in [0.2, 0.25) is 0 Å². The minimum absolute atomic E-state index is 1.38. The van der Waals surface area contributed by atoms with Gasteiger partial charge in [0.15, 0.2) is 0 Å². The highest BCUT2D eigenvalue weighted by atomic mass is 14.8. The van der Waals surface area contributed by atoms with Crippen molar-refractivity contribution in [2.24, 2.45) is 9.98 Å². The molecule has 0 aromatic carbocycles. The molecule has 0 atom stereocenters. The van der Waals surface area contributed by atoms with E-state index in [0.29, 0.717) is 0 Å². The molecule has 0 aromatic rings. The normalized spacial score (nSPS) is 8.12. The molecule has 0 bridgehead atoms. The largest absolute Gasteiger partial charge is 0.245 e. The Hall–Kier alpha value is -1.14. The summed E-state index contributed by atoms with van der Waals surface area (Å²) in [5.41, 5.74) is 0. The average molecular weight is 108 g/mol. The van der Waals surface area contributed by atoms with Gasteiger partial charge in [-0.2, -0.15) is 4.99 Å². The summed E-state index contributed by atoms with van der Waals surface area (Å²) in [5, 5.41) is 0. The fraction of sp³-hybridized carbons (Fsp3) is 0.167. The summed E-state index contributed by atoms with van der Waals surface area (Å²) < 4.78 is 0. The van der Waals surface area contributed by atoms with Gasteiger partial charge in [0.05, 0.1) is 0 Å². The highest BCUT2D eigenvalue weighted by Gasteiger charge is 1.52. The Morgan fingerprint density at radius 3 is 2.88 bits per heavy atom. The zero-order valence-corrected chi connectivity index (χ0v) is 4.83. The lowest BCUT2D eigenvalue weighted by Gasteiger charge is -1.64. The van der Waals surface area contributed by atoms with E-state index >= 15 is 0 Å². The third-order valence-corrected chi connectivity index (χ3v) is 0.433. The third-order valence-electron chi connectivity index (χ3n) is 0.433. The second kappa shape index (κ2) is 5.86. The zero-order valence-electron chi connectivity index (χ0n) is 4.83. The van der Waals surface area contributed by atoms with Gasteiger partial charge in [0.1, 0.15) is 6.34 Å². The minimum Gasteiger partial charge on any atom is -0.245 e. The predicted molar refractivity (Wildman–Crippen MR) is 36.4 cm³/mol. The summed E-state index contributed by atoms with van der Waals surface area (Å²) in [6.45, 7) is 5.20. The van der Waals surface area contributed by atoms with Crippen molar-refractivity contribution in [2.45, 2.75) is 6.92 Å². The maximum Gasteiger partial charge on any atom is 0.125 e. The average Bonchev–Trinajstić information content (AvgIpc) is 1.81. The van der Waals surface area contributed by atoms with Crippen molar-refractivity contribution < 1.29 is 0 Å². The molecular weight excluding hydrogens is 100 g/mol. The van der Waals surface area contributed by atoms with Crippen molar-refractivity contribution in [3.63, 3.8) is 0 Å². The summed E-state index contributed by atoms with van der Waals surface area (Å²) in [5.74, 6) is 2.59. The molecule has 0 unspecified atom stereocenters. The van der Waals surface area contributed by atoms with Gasteiger partial charge in [0.25, 0.3) is 0 Å². The molecule has 0 aliphatic rings. The lowest BCUT2D eigenvalue weighted by molar-refractivity contribution is 1.58. The molecule has 0 radical (unpaired) electrons. The van der Waals surface area contributed by atoms with Crippen LogP contribution in [0.4, 0.5) is 0 Å². The summed E-state index contributed by atoms with van der Waals surface area (Å²) in [6, 6.07) is 0. The Morgan fingerprint density at radius 1 is 1.62 bits per heavy atom. The molecule has 8 heavy (non-hydrogen) atoms. The van der Waals surface area contributed by atoms with E-state index in [4.69, 9.17) is 0 Å². The van der Waals surface area contributed by atoms with Crippen LogP contribution in [-0.4, -0.2) is 12.2 Å². The molecule has 2 heteroatoms. The van der Waals surface area contributed by atoms with Crippen LogP contribution < -0.4 is 0 Å². The van der Waals surface area contributed by atoms with Crippen molar-refractivity contribution in [1.82, 2.24) is 0 Å². The second-order valence-electron chi connectivity index (χ2n) is 0.994. The first-order valence-corrected chi connectivity index (χ1v) is 2.27. The molecule has 0 aromatic heterocycles. The molecule has 2 nitrogen and oxygen atoms in total. The maximum atomic E-state index is 3.61. The standard InChI is InChI=1S/C6H8N2/c1-3-5-8-6-7-4-2/h3-4,6H,2H2,1H3. The highest BCUT2D eigenvalue weighted by Crippen LogP contribution is 1.62. The van der Waals surface area contributed by atoms with Crippen molar-refractivity contribution >= 4 is 12.2 Å². The van der Waals surface area contributed by atoms with Crippen LogP contribution in [0.5, 0.6) is 0 Å². The maximum absolute atomic E-state index is 3.61. The fourth-order valence-electron chi connectivity index (χ4n) is 0.188. The van der Waals surface area contributed by atoms with Crippen molar-refractivity contribution in [1.29, 1.82) is 0 Å². The number of nitrogens with zero attached hydrogens (tertiary/aromatic N) is 2. The molecule has 0 fully saturated rings.